The summed E-state index contributed by atoms with van der Waals surface area (Å²) in [5.41, 5.74) is 3.37. The molecule has 0 aliphatic rings. The van der Waals surface area contributed by atoms with E-state index in [0.29, 0.717) is 19.8 Å². The van der Waals surface area contributed by atoms with Crippen LogP contribution in [0, 0.1) is 6.92 Å². The van der Waals surface area contributed by atoms with E-state index in [9.17, 15) is 0 Å². The van der Waals surface area contributed by atoms with E-state index in [0.717, 1.165) is 29.8 Å². The van der Waals surface area contributed by atoms with Crippen LogP contribution in [0.15, 0.2) is 18.2 Å². The fraction of sp³-hybridized carbons (Fsp3) is 0.562. The summed E-state index contributed by atoms with van der Waals surface area (Å²) in [6.45, 7) is 6.89. The van der Waals surface area contributed by atoms with Crippen molar-refractivity contribution in [3.8, 4) is 0 Å². The van der Waals surface area contributed by atoms with Crippen molar-refractivity contribution in [2.24, 2.45) is 0 Å². The third-order valence-corrected chi connectivity index (χ3v) is 3.66. The van der Waals surface area contributed by atoms with Gasteiger partial charge in [0.05, 0.1) is 29.6 Å². The summed E-state index contributed by atoms with van der Waals surface area (Å²) in [6.07, 6.45) is 0.930. The lowest BCUT2D eigenvalue weighted by molar-refractivity contribution is 0.0680. The number of ether oxygens (including phenoxy) is 2. The first-order valence-corrected chi connectivity index (χ1v) is 7.75. The van der Waals surface area contributed by atoms with Gasteiger partial charge in [0.15, 0.2) is 0 Å². The lowest BCUT2D eigenvalue weighted by atomic mass is 10.2. The number of alkyl halides is 1. The largest absolute Gasteiger partial charge is 0.382 e. The summed E-state index contributed by atoms with van der Waals surface area (Å²) in [5.74, 6) is 0.929. The van der Waals surface area contributed by atoms with Crippen LogP contribution in [0.5, 0.6) is 0 Å². The molecule has 1 aromatic carbocycles. The molecular weight excluding hydrogens is 288 g/mol. The van der Waals surface area contributed by atoms with Crippen molar-refractivity contribution in [1.29, 1.82) is 0 Å². The van der Waals surface area contributed by atoms with Crippen LogP contribution in [-0.4, -0.2) is 36.5 Å². The smallest absolute Gasteiger partial charge is 0.127 e. The molecule has 0 spiro atoms. The number of aryl methyl sites for hydroxylation is 2. The molecule has 1 heterocycles. The third-order valence-electron chi connectivity index (χ3n) is 3.47. The molecule has 0 aliphatic carbocycles. The molecule has 0 N–H and O–H groups in total. The number of methoxy groups -OCH3 is 1. The first kappa shape index (κ1) is 16.3. The number of halogens is 1. The van der Waals surface area contributed by atoms with E-state index in [-0.39, 0.29) is 5.38 Å². The van der Waals surface area contributed by atoms with Gasteiger partial charge in [-0.1, -0.05) is 12.1 Å². The third kappa shape index (κ3) is 3.96. The molecule has 0 fully saturated rings. The highest BCUT2D eigenvalue weighted by Gasteiger charge is 2.15. The molecule has 21 heavy (non-hydrogen) atoms. The van der Waals surface area contributed by atoms with Gasteiger partial charge in [-0.3, -0.25) is 0 Å². The molecule has 116 valence electrons. The Labute approximate surface area is 131 Å². The number of nitrogens with zero attached hydrogens (tertiary/aromatic N) is 2. The standard InChI is InChI=1S/C16H23ClN2O2/c1-12-6-4-7-14-15(12)18-16(13(2)17)19(14)8-5-9-21-11-10-20-3/h4,6-7,13H,5,8-11H2,1-3H3. The highest BCUT2D eigenvalue weighted by atomic mass is 35.5. The maximum absolute atomic E-state index is 6.28. The Morgan fingerprint density at radius 1 is 1.29 bits per heavy atom. The first-order valence-electron chi connectivity index (χ1n) is 7.31. The van der Waals surface area contributed by atoms with Gasteiger partial charge >= 0.3 is 0 Å². The molecule has 0 radical (unpaired) electrons. The monoisotopic (exact) mass is 310 g/mol. The van der Waals surface area contributed by atoms with E-state index in [4.69, 9.17) is 26.1 Å². The van der Waals surface area contributed by atoms with Crippen LogP contribution in [0.3, 0.4) is 0 Å². The average molecular weight is 311 g/mol. The Hall–Kier alpha value is -1.10. The van der Waals surface area contributed by atoms with Crippen LogP contribution in [0.2, 0.25) is 0 Å². The zero-order valence-corrected chi connectivity index (χ0v) is 13.7. The molecule has 0 aliphatic heterocycles. The van der Waals surface area contributed by atoms with Gasteiger partial charge in [0.2, 0.25) is 0 Å². The molecule has 1 aromatic heterocycles. The van der Waals surface area contributed by atoms with Crippen LogP contribution >= 0.6 is 11.6 Å². The highest BCUT2D eigenvalue weighted by Crippen LogP contribution is 2.26. The second-order valence-electron chi connectivity index (χ2n) is 5.14. The van der Waals surface area contributed by atoms with Crippen molar-refractivity contribution in [2.75, 3.05) is 26.9 Å². The minimum absolute atomic E-state index is 0.105. The Balaban J connectivity index is 2.10. The van der Waals surface area contributed by atoms with Crippen LogP contribution in [-0.2, 0) is 16.0 Å². The lowest BCUT2D eigenvalue weighted by Gasteiger charge is -2.10. The summed E-state index contributed by atoms with van der Waals surface area (Å²) in [6, 6.07) is 6.24. The maximum Gasteiger partial charge on any atom is 0.127 e. The summed E-state index contributed by atoms with van der Waals surface area (Å²) in [7, 11) is 1.68. The molecule has 0 saturated carbocycles. The van der Waals surface area contributed by atoms with Crippen LogP contribution < -0.4 is 0 Å². The molecule has 5 heteroatoms. The topological polar surface area (TPSA) is 36.3 Å². The molecule has 4 nitrogen and oxygen atoms in total. The van der Waals surface area contributed by atoms with E-state index in [1.807, 2.05) is 6.92 Å². The summed E-state index contributed by atoms with van der Waals surface area (Å²) >= 11 is 6.28. The van der Waals surface area contributed by atoms with Crippen molar-refractivity contribution in [3.63, 3.8) is 0 Å². The Kier molecular flexibility index (Phi) is 6.03. The Bertz CT molecular complexity index is 581. The second kappa shape index (κ2) is 7.78. The van der Waals surface area contributed by atoms with E-state index in [1.165, 1.54) is 5.56 Å². The lowest BCUT2D eigenvalue weighted by Crippen LogP contribution is -2.09. The number of hydrogen-bond acceptors (Lipinski definition) is 3. The number of para-hydroxylation sites is 1. The molecule has 0 bridgehead atoms. The van der Waals surface area contributed by atoms with E-state index < -0.39 is 0 Å². The zero-order valence-electron chi connectivity index (χ0n) is 12.9. The molecular formula is C16H23ClN2O2. The number of imidazole rings is 1. The number of aromatic nitrogens is 2. The molecule has 2 rings (SSSR count). The summed E-state index contributed by atoms with van der Waals surface area (Å²) < 4.78 is 12.7. The zero-order chi connectivity index (χ0) is 15.2. The molecule has 1 atom stereocenters. The SMILES string of the molecule is COCCOCCCn1c(C(C)Cl)nc2c(C)cccc21. The predicted octanol–water partition coefficient (Wildman–Crippen LogP) is 3.70. The molecule has 0 amide bonds. The number of rotatable bonds is 8. The Morgan fingerprint density at radius 2 is 2.10 bits per heavy atom. The number of fused-ring (bicyclic) bond motifs is 1. The first-order chi connectivity index (χ1) is 10.1. The van der Waals surface area contributed by atoms with Gasteiger partial charge < -0.3 is 14.0 Å². The average Bonchev–Trinajstić information content (AvgIpc) is 2.83. The normalized spacial score (nSPS) is 13.0. The van der Waals surface area contributed by atoms with E-state index in [1.54, 1.807) is 7.11 Å². The van der Waals surface area contributed by atoms with Gasteiger partial charge in [0.1, 0.15) is 5.82 Å². The van der Waals surface area contributed by atoms with Crippen molar-refractivity contribution in [3.05, 3.63) is 29.6 Å². The fourth-order valence-electron chi connectivity index (χ4n) is 2.41. The minimum Gasteiger partial charge on any atom is -0.382 e. The maximum atomic E-state index is 6.28. The molecule has 1 unspecified atom stereocenters. The second-order valence-corrected chi connectivity index (χ2v) is 5.79. The summed E-state index contributed by atoms with van der Waals surface area (Å²) in [4.78, 5) is 4.71. The van der Waals surface area contributed by atoms with Gasteiger partial charge in [0.25, 0.3) is 0 Å². The quantitative estimate of drug-likeness (QED) is 0.551. The van der Waals surface area contributed by atoms with Crippen LogP contribution in [0.4, 0.5) is 0 Å². The van der Waals surface area contributed by atoms with Crippen molar-refractivity contribution < 1.29 is 9.47 Å². The Morgan fingerprint density at radius 3 is 2.81 bits per heavy atom. The number of hydrogen-bond donors (Lipinski definition) is 0. The van der Waals surface area contributed by atoms with Gasteiger partial charge in [-0.2, -0.15) is 0 Å². The van der Waals surface area contributed by atoms with Crippen molar-refractivity contribution in [1.82, 2.24) is 9.55 Å². The molecule has 0 saturated heterocycles. The molecule has 2 aromatic rings. The minimum atomic E-state index is -0.105. The van der Waals surface area contributed by atoms with E-state index in [2.05, 4.69) is 29.7 Å². The van der Waals surface area contributed by atoms with Gasteiger partial charge in [-0.25, -0.2) is 4.98 Å². The fourth-order valence-corrected chi connectivity index (χ4v) is 2.58. The van der Waals surface area contributed by atoms with Crippen LogP contribution in [0.25, 0.3) is 11.0 Å². The number of benzene rings is 1. The van der Waals surface area contributed by atoms with Crippen LogP contribution in [0.1, 0.15) is 30.1 Å². The van der Waals surface area contributed by atoms with Gasteiger partial charge in [0, 0.05) is 20.3 Å². The van der Waals surface area contributed by atoms with Gasteiger partial charge in [-0.15, -0.1) is 11.6 Å². The summed E-state index contributed by atoms with van der Waals surface area (Å²) in [5, 5.41) is -0.105. The predicted molar refractivity (Wildman–Crippen MR) is 86.1 cm³/mol. The van der Waals surface area contributed by atoms with E-state index >= 15 is 0 Å². The van der Waals surface area contributed by atoms with Crippen molar-refractivity contribution >= 4 is 22.6 Å². The van der Waals surface area contributed by atoms with Crippen molar-refractivity contribution in [2.45, 2.75) is 32.2 Å². The van der Waals surface area contributed by atoms with Gasteiger partial charge in [-0.05, 0) is 31.9 Å². The highest BCUT2D eigenvalue weighted by molar-refractivity contribution is 6.20.